The fourth-order valence-electron chi connectivity index (χ4n) is 3.96. The van der Waals surface area contributed by atoms with Crippen LogP contribution in [0.15, 0.2) is 0 Å². The van der Waals surface area contributed by atoms with Gasteiger partial charge in [-0.3, -0.25) is 0 Å². The van der Waals surface area contributed by atoms with Gasteiger partial charge in [0, 0.05) is 12.6 Å². The smallest absolute Gasteiger partial charge is 0.00387 e. The molecule has 4 unspecified atom stereocenters. The second-order valence-corrected chi connectivity index (χ2v) is 6.25. The second kappa shape index (κ2) is 4.45. The first kappa shape index (κ1) is 11.4. The molecule has 0 amide bonds. The summed E-state index contributed by atoms with van der Waals surface area (Å²) < 4.78 is 0. The fourth-order valence-corrected chi connectivity index (χ4v) is 3.96. The van der Waals surface area contributed by atoms with Crippen LogP contribution in [0.1, 0.15) is 47.0 Å². The van der Waals surface area contributed by atoms with E-state index in [0.717, 1.165) is 29.7 Å². The topological polar surface area (TPSA) is 3.24 Å². The molecule has 4 atom stereocenters. The van der Waals surface area contributed by atoms with Crippen LogP contribution in [-0.4, -0.2) is 24.0 Å². The molecule has 0 aromatic heterocycles. The Morgan fingerprint density at radius 1 is 1.07 bits per heavy atom. The van der Waals surface area contributed by atoms with Crippen molar-refractivity contribution in [1.29, 1.82) is 0 Å². The van der Waals surface area contributed by atoms with Crippen molar-refractivity contribution in [3.8, 4) is 0 Å². The van der Waals surface area contributed by atoms with Crippen molar-refractivity contribution in [2.75, 3.05) is 13.1 Å². The van der Waals surface area contributed by atoms with Gasteiger partial charge in [-0.2, -0.15) is 0 Å². The lowest BCUT2D eigenvalue weighted by Gasteiger charge is -2.30. The lowest BCUT2D eigenvalue weighted by molar-refractivity contribution is 0.174. The Labute approximate surface area is 95.2 Å². The molecule has 2 rings (SSSR count). The standard InChI is InChI=1S/C14H27N/c1-10(2)15-7-5-6-13-11(3)8-12(4)14(13)9-15/h10-14H,5-9H2,1-4H3. The van der Waals surface area contributed by atoms with E-state index in [0.29, 0.717) is 0 Å². The highest BCUT2D eigenvalue weighted by Crippen LogP contribution is 2.45. The molecule has 0 radical (unpaired) electrons. The zero-order valence-electron chi connectivity index (χ0n) is 10.9. The maximum Gasteiger partial charge on any atom is 0.00387 e. The van der Waals surface area contributed by atoms with Crippen LogP contribution >= 0.6 is 0 Å². The van der Waals surface area contributed by atoms with E-state index in [4.69, 9.17) is 0 Å². The third kappa shape index (κ3) is 2.22. The number of hydrogen-bond acceptors (Lipinski definition) is 1. The molecule has 0 bridgehead atoms. The molecule has 0 aromatic carbocycles. The first-order valence-electron chi connectivity index (χ1n) is 6.83. The van der Waals surface area contributed by atoms with E-state index in [9.17, 15) is 0 Å². The van der Waals surface area contributed by atoms with Crippen LogP contribution in [0.5, 0.6) is 0 Å². The normalized spacial score (nSPS) is 43.0. The van der Waals surface area contributed by atoms with Crippen LogP contribution < -0.4 is 0 Å². The van der Waals surface area contributed by atoms with Gasteiger partial charge >= 0.3 is 0 Å². The van der Waals surface area contributed by atoms with Crippen LogP contribution in [0.25, 0.3) is 0 Å². The molecule has 0 spiro atoms. The molecule has 15 heavy (non-hydrogen) atoms. The highest BCUT2D eigenvalue weighted by atomic mass is 15.1. The minimum Gasteiger partial charge on any atom is -0.301 e. The van der Waals surface area contributed by atoms with Crippen molar-refractivity contribution < 1.29 is 0 Å². The van der Waals surface area contributed by atoms with Crippen molar-refractivity contribution in [1.82, 2.24) is 4.90 Å². The van der Waals surface area contributed by atoms with E-state index < -0.39 is 0 Å². The Bertz CT molecular complexity index is 211. The number of likely N-dealkylation sites (tertiary alicyclic amines) is 1. The molecule has 1 aliphatic heterocycles. The molecule has 0 N–H and O–H groups in total. The quantitative estimate of drug-likeness (QED) is 0.640. The molecule has 88 valence electrons. The van der Waals surface area contributed by atoms with Gasteiger partial charge < -0.3 is 4.90 Å². The van der Waals surface area contributed by atoms with Gasteiger partial charge in [0.25, 0.3) is 0 Å². The summed E-state index contributed by atoms with van der Waals surface area (Å²) in [6.07, 6.45) is 4.39. The predicted octanol–water partition coefficient (Wildman–Crippen LogP) is 3.40. The molecule has 0 aromatic rings. The zero-order chi connectivity index (χ0) is 11.0. The first-order valence-corrected chi connectivity index (χ1v) is 6.83. The molecule has 1 heteroatoms. The number of rotatable bonds is 1. The zero-order valence-corrected chi connectivity index (χ0v) is 10.9. The monoisotopic (exact) mass is 209 g/mol. The molecule has 2 fully saturated rings. The highest BCUT2D eigenvalue weighted by molar-refractivity contribution is 4.91. The Kier molecular flexibility index (Phi) is 3.39. The second-order valence-electron chi connectivity index (χ2n) is 6.25. The summed E-state index contributed by atoms with van der Waals surface area (Å²) in [7, 11) is 0. The van der Waals surface area contributed by atoms with E-state index in [1.807, 2.05) is 0 Å². The van der Waals surface area contributed by atoms with Gasteiger partial charge in [-0.1, -0.05) is 13.8 Å². The van der Waals surface area contributed by atoms with E-state index in [2.05, 4.69) is 32.6 Å². The van der Waals surface area contributed by atoms with Crippen molar-refractivity contribution >= 4 is 0 Å². The Morgan fingerprint density at radius 2 is 1.73 bits per heavy atom. The van der Waals surface area contributed by atoms with Crippen molar-refractivity contribution in [2.45, 2.75) is 53.0 Å². The SMILES string of the molecule is CC1CC(C)C2CN(C(C)C)CCCC12. The summed E-state index contributed by atoms with van der Waals surface area (Å²) in [5.41, 5.74) is 0. The maximum atomic E-state index is 2.71. The lowest BCUT2D eigenvalue weighted by Crippen LogP contribution is -2.36. The third-order valence-electron chi connectivity index (χ3n) is 4.91. The summed E-state index contributed by atoms with van der Waals surface area (Å²) in [5, 5.41) is 0. The molecular formula is C14H27N. The van der Waals surface area contributed by atoms with Crippen molar-refractivity contribution in [2.24, 2.45) is 23.7 Å². The van der Waals surface area contributed by atoms with Crippen LogP contribution in [-0.2, 0) is 0 Å². The predicted molar refractivity (Wildman–Crippen MR) is 65.9 cm³/mol. The van der Waals surface area contributed by atoms with Gasteiger partial charge in [0.05, 0.1) is 0 Å². The third-order valence-corrected chi connectivity index (χ3v) is 4.91. The summed E-state index contributed by atoms with van der Waals surface area (Å²) in [4.78, 5) is 2.71. The van der Waals surface area contributed by atoms with Crippen LogP contribution in [0.2, 0.25) is 0 Å². The van der Waals surface area contributed by atoms with Gasteiger partial charge in [-0.25, -0.2) is 0 Å². The van der Waals surface area contributed by atoms with Gasteiger partial charge in [0.2, 0.25) is 0 Å². The van der Waals surface area contributed by atoms with Crippen LogP contribution in [0, 0.1) is 23.7 Å². The lowest BCUT2D eigenvalue weighted by atomic mass is 9.85. The van der Waals surface area contributed by atoms with Crippen LogP contribution in [0.4, 0.5) is 0 Å². The van der Waals surface area contributed by atoms with Crippen molar-refractivity contribution in [3.63, 3.8) is 0 Å². The molecule has 2 aliphatic rings. The minimum atomic E-state index is 0.742. The van der Waals surface area contributed by atoms with Gasteiger partial charge in [0.1, 0.15) is 0 Å². The minimum absolute atomic E-state index is 0.742. The van der Waals surface area contributed by atoms with Crippen molar-refractivity contribution in [3.05, 3.63) is 0 Å². The maximum absolute atomic E-state index is 2.71. The summed E-state index contributed by atoms with van der Waals surface area (Å²) in [6.45, 7) is 12.4. The van der Waals surface area contributed by atoms with E-state index in [-0.39, 0.29) is 0 Å². The Hall–Kier alpha value is -0.0400. The summed E-state index contributed by atoms with van der Waals surface area (Å²) in [5.74, 6) is 3.97. The van der Waals surface area contributed by atoms with E-state index in [1.165, 1.54) is 32.4 Å². The average molecular weight is 209 g/mol. The van der Waals surface area contributed by atoms with Gasteiger partial charge in [0.15, 0.2) is 0 Å². The molecule has 1 saturated carbocycles. The van der Waals surface area contributed by atoms with Gasteiger partial charge in [-0.15, -0.1) is 0 Å². The number of hydrogen-bond donors (Lipinski definition) is 0. The largest absolute Gasteiger partial charge is 0.301 e. The first-order chi connectivity index (χ1) is 7.09. The highest BCUT2D eigenvalue weighted by Gasteiger charge is 2.40. The molecule has 1 aliphatic carbocycles. The summed E-state index contributed by atoms with van der Waals surface area (Å²) in [6, 6.07) is 0.742. The number of fused-ring (bicyclic) bond motifs is 1. The number of nitrogens with zero attached hydrogens (tertiary/aromatic N) is 1. The average Bonchev–Trinajstić information content (AvgIpc) is 2.41. The fraction of sp³-hybridized carbons (Fsp3) is 1.00. The molecular weight excluding hydrogens is 182 g/mol. The Balaban J connectivity index is 2.07. The van der Waals surface area contributed by atoms with E-state index in [1.54, 1.807) is 0 Å². The summed E-state index contributed by atoms with van der Waals surface area (Å²) >= 11 is 0. The van der Waals surface area contributed by atoms with Crippen LogP contribution in [0.3, 0.4) is 0 Å². The van der Waals surface area contributed by atoms with Gasteiger partial charge in [-0.05, 0) is 63.3 Å². The molecule has 1 nitrogen and oxygen atoms in total. The molecule has 1 heterocycles. The Morgan fingerprint density at radius 3 is 2.40 bits per heavy atom. The van der Waals surface area contributed by atoms with E-state index >= 15 is 0 Å². The molecule has 1 saturated heterocycles.